The Balaban J connectivity index is 0.000000941. The molecule has 56 heavy (non-hydrogen) atoms. The zero-order chi connectivity index (χ0) is 39.7. The van der Waals surface area contributed by atoms with Crippen molar-refractivity contribution in [2.75, 3.05) is 0 Å². The lowest BCUT2D eigenvalue weighted by atomic mass is 9.92. The molecule has 3 nitrogen and oxygen atoms in total. The Morgan fingerprint density at radius 2 is 1.12 bits per heavy atom. The topological polar surface area (TPSA) is 41.6 Å². The summed E-state index contributed by atoms with van der Waals surface area (Å²) in [5.74, 6) is 0. The molecule has 0 N–H and O–H groups in total. The normalized spacial score (nSPS) is 10.9. The molecule has 0 unspecified atom stereocenters. The van der Waals surface area contributed by atoms with Crippen LogP contribution in [0, 0.1) is 18.3 Å². The Bertz CT molecular complexity index is 2440. The van der Waals surface area contributed by atoms with E-state index in [-0.39, 0.29) is 0 Å². The first-order valence-electron chi connectivity index (χ1n) is 19.5. The van der Waals surface area contributed by atoms with E-state index in [1.165, 1.54) is 16.7 Å². The predicted octanol–water partition coefficient (Wildman–Crippen LogP) is 14.7. The molecule has 0 amide bonds. The van der Waals surface area contributed by atoms with E-state index in [9.17, 15) is 5.26 Å². The standard InChI is InChI=1S/C47H39N3.C4H6.C2H6/c1-3-20-35(40-31-17-16-21-34(40)2)22-18-19-32-50-46(38-27-12-6-13-28-38)43-42(36-23-8-4-9-24-36)41(33-48)49-45(37-25-10-5-11-26-37)44(43)47(50)39-29-14-7-15-30-39;1-3-4-2;1-2/h4-21,23-31H,3,22,32H2,1-2H3;3-4H,1-2H2;1-2H3/b19-18-,35-20-;;. The lowest BCUT2D eigenvalue weighted by Crippen LogP contribution is -2.01. The summed E-state index contributed by atoms with van der Waals surface area (Å²) >= 11 is 0. The van der Waals surface area contributed by atoms with Crippen LogP contribution in [-0.4, -0.2) is 9.55 Å². The zero-order valence-corrected chi connectivity index (χ0v) is 33.1. The van der Waals surface area contributed by atoms with Crippen LogP contribution >= 0.6 is 0 Å². The van der Waals surface area contributed by atoms with Gasteiger partial charge in [-0.15, -0.1) is 0 Å². The van der Waals surface area contributed by atoms with Gasteiger partial charge in [0.25, 0.3) is 0 Å². The van der Waals surface area contributed by atoms with Crippen LogP contribution in [0.3, 0.4) is 0 Å². The van der Waals surface area contributed by atoms with Crippen molar-refractivity contribution in [2.24, 2.45) is 0 Å². The van der Waals surface area contributed by atoms with Crippen molar-refractivity contribution in [2.45, 2.75) is 47.1 Å². The van der Waals surface area contributed by atoms with Gasteiger partial charge in [-0.05, 0) is 53.2 Å². The third-order valence-electron chi connectivity index (χ3n) is 9.42. The fourth-order valence-electron chi connectivity index (χ4n) is 7.05. The second-order valence-electron chi connectivity index (χ2n) is 12.9. The van der Waals surface area contributed by atoms with Crippen LogP contribution in [0.2, 0.25) is 0 Å². The molecule has 0 spiro atoms. The van der Waals surface area contributed by atoms with Crippen LogP contribution in [0.15, 0.2) is 189 Å². The number of fused-ring (bicyclic) bond motifs is 1. The second-order valence-corrected chi connectivity index (χ2v) is 12.9. The Morgan fingerprint density at radius 3 is 1.62 bits per heavy atom. The minimum absolute atomic E-state index is 0.416. The van der Waals surface area contributed by atoms with Gasteiger partial charge in [0, 0.05) is 28.4 Å². The van der Waals surface area contributed by atoms with Gasteiger partial charge in [-0.2, -0.15) is 5.26 Å². The Hall–Kier alpha value is -6.76. The molecule has 0 radical (unpaired) electrons. The maximum absolute atomic E-state index is 10.7. The summed E-state index contributed by atoms with van der Waals surface area (Å²) < 4.78 is 2.44. The van der Waals surface area contributed by atoms with Gasteiger partial charge in [0.1, 0.15) is 11.8 Å². The van der Waals surface area contributed by atoms with Crippen LogP contribution in [0.25, 0.3) is 61.2 Å². The fraction of sp³-hybridized carbons (Fsp3) is 0.132. The molecule has 0 aliphatic rings. The van der Waals surface area contributed by atoms with E-state index in [0.29, 0.717) is 12.2 Å². The molecule has 0 bridgehead atoms. The lowest BCUT2D eigenvalue weighted by molar-refractivity contribution is 0.848. The summed E-state index contributed by atoms with van der Waals surface area (Å²) in [6.07, 6.45) is 12.0. The van der Waals surface area contributed by atoms with E-state index in [4.69, 9.17) is 4.98 Å². The largest absolute Gasteiger partial charge is 0.336 e. The first kappa shape index (κ1) is 40.4. The maximum Gasteiger partial charge on any atom is 0.149 e. The highest BCUT2D eigenvalue weighted by Crippen LogP contribution is 2.48. The molecule has 278 valence electrons. The molecule has 0 fully saturated rings. The first-order chi connectivity index (χ1) is 27.6. The summed E-state index contributed by atoms with van der Waals surface area (Å²) in [6.45, 7) is 15.7. The minimum Gasteiger partial charge on any atom is -0.336 e. The number of allylic oxidation sites excluding steroid dienone is 6. The van der Waals surface area contributed by atoms with Gasteiger partial charge in [-0.3, -0.25) is 0 Å². The van der Waals surface area contributed by atoms with Gasteiger partial charge >= 0.3 is 0 Å². The molecular weight excluding hydrogens is 679 g/mol. The summed E-state index contributed by atoms with van der Waals surface area (Å²) in [4.78, 5) is 5.18. The molecule has 0 aliphatic carbocycles. The average molecular weight is 730 g/mol. The highest BCUT2D eigenvalue weighted by Gasteiger charge is 2.28. The number of nitrogens with zero attached hydrogens (tertiary/aromatic N) is 3. The van der Waals surface area contributed by atoms with E-state index in [0.717, 1.165) is 68.5 Å². The summed E-state index contributed by atoms with van der Waals surface area (Å²) in [5, 5.41) is 12.8. The maximum atomic E-state index is 10.7. The molecule has 0 atom stereocenters. The minimum atomic E-state index is 0.416. The van der Waals surface area contributed by atoms with Crippen molar-refractivity contribution < 1.29 is 0 Å². The lowest BCUT2D eigenvalue weighted by Gasteiger charge is -2.14. The van der Waals surface area contributed by atoms with E-state index in [1.54, 1.807) is 12.2 Å². The van der Waals surface area contributed by atoms with Gasteiger partial charge in [-0.1, -0.05) is 210 Å². The van der Waals surface area contributed by atoms with E-state index < -0.39 is 0 Å². The van der Waals surface area contributed by atoms with Crippen molar-refractivity contribution in [3.8, 4) is 51.0 Å². The van der Waals surface area contributed by atoms with Gasteiger partial charge in [0.05, 0.1) is 17.1 Å². The van der Waals surface area contributed by atoms with Crippen LogP contribution in [-0.2, 0) is 6.54 Å². The predicted molar refractivity (Wildman–Crippen MR) is 241 cm³/mol. The van der Waals surface area contributed by atoms with Crippen LogP contribution in [0.1, 0.15) is 50.4 Å². The molecule has 0 saturated carbocycles. The van der Waals surface area contributed by atoms with Crippen molar-refractivity contribution in [3.63, 3.8) is 0 Å². The van der Waals surface area contributed by atoms with Gasteiger partial charge in [-0.25, -0.2) is 4.98 Å². The molecule has 2 aromatic heterocycles. The number of aromatic nitrogens is 2. The highest BCUT2D eigenvalue weighted by molar-refractivity contribution is 6.17. The van der Waals surface area contributed by atoms with E-state index in [1.807, 2.05) is 50.2 Å². The van der Waals surface area contributed by atoms with E-state index >= 15 is 0 Å². The quantitative estimate of drug-likeness (QED) is 0.0982. The first-order valence-corrected chi connectivity index (χ1v) is 19.5. The number of aryl methyl sites for hydroxylation is 1. The SMILES string of the molecule is C=CC=C.CC.CC/C=C(/C/C=C\Cn1c(-c2ccccc2)c2c(-c3ccccc3)nc(C#N)c(-c3ccccc3)c2c1-c1ccccc1)c1ccccc1C. The van der Waals surface area contributed by atoms with Crippen molar-refractivity contribution in [1.29, 1.82) is 5.26 Å². The highest BCUT2D eigenvalue weighted by atomic mass is 15.0. The Labute approximate surface area is 334 Å². The molecule has 7 rings (SSSR count). The molecule has 2 heterocycles. The number of benzene rings is 5. The van der Waals surface area contributed by atoms with Gasteiger partial charge < -0.3 is 4.57 Å². The monoisotopic (exact) mass is 729 g/mol. The Morgan fingerprint density at radius 1 is 0.643 bits per heavy atom. The number of hydrogen-bond acceptors (Lipinski definition) is 2. The number of rotatable bonds is 11. The molecule has 0 aliphatic heterocycles. The van der Waals surface area contributed by atoms with E-state index in [2.05, 4.69) is 165 Å². The number of nitriles is 1. The molecule has 0 saturated heterocycles. The summed E-state index contributed by atoms with van der Waals surface area (Å²) in [6, 6.07) is 52.8. The van der Waals surface area contributed by atoms with Crippen molar-refractivity contribution in [3.05, 3.63) is 206 Å². The second kappa shape index (κ2) is 20.6. The summed E-state index contributed by atoms with van der Waals surface area (Å²) in [7, 11) is 0. The number of hydrogen-bond donors (Lipinski definition) is 0. The number of pyridine rings is 1. The Kier molecular flexibility index (Phi) is 14.9. The third-order valence-corrected chi connectivity index (χ3v) is 9.42. The smallest absolute Gasteiger partial charge is 0.149 e. The molecule has 5 aromatic carbocycles. The van der Waals surface area contributed by atoms with Gasteiger partial charge in [0.15, 0.2) is 0 Å². The van der Waals surface area contributed by atoms with Crippen molar-refractivity contribution >= 4 is 16.3 Å². The van der Waals surface area contributed by atoms with Gasteiger partial charge in [0.2, 0.25) is 0 Å². The summed E-state index contributed by atoms with van der Waals surface area (Å²) in [5.41, 5.74) is 12.3. The average Bonchev–Trinajstić information content (AvgIpc) is 3.61. The molecule has 3 heteroatoms. The third kappa shape index (κ3) is 9.12. The fourth-order valence-corrected chi connectivity index (χ4v) is 7.05. The van der Waals surface area contributed by atoms with Crippen LogP contribution < -0.4 is 0 Å². The van der Waals surface area contributed by atoms with Crippen LogP contribution in [0.5, 0.6) is 0 Å². The molecule has 7 aromatic rings. The van der Waals surface area contributed by atoms with Crippen molar-refractivity contribution in [1.82, 2.24) is 9.55 Å². The molecular formula is C53H51N3. The zero-order valence-electron chi connectivity index (χ0n) is 33.1. The van der Waals surface area contributed by atoms with Crippen LogP contribution in [0.4, 0.5) is 0 Å².